The van der Waals surface area contributed by atoms with E-state index in [0.29, 0.717) is 6.10 Å². The number of halogens is 1. The van der Waals surface area contributed by atoms with Crippen LogP contribution in [0.25, 0.3) is 0 Å². The minimum absolute atomic E-state index is 0.503. The maximum Gasteiger partial charge on any atom is 0.123 e. The van der Waals surface area contributed by atoms with Gasteiger partial charge in [0.2, 0.25) is 0 Å². The Labute approximate surface area is 92.6 Å². The minimum atomic E-state index is 0.503. The molecular formula is C11H13IO. The highest BCUT2D eigenvalue weighted by Crippen LogP contribution is 2.30. The average Bonchev–Trinajstić information content (AvgIpc) is 2.89. The zero-order valence-electron chi connectivity index (χ0n) is 7.72. The Balaban J connectivity index is 2.22. The maximum atomic E-state index is 5.82. The first-order valence-corrected chi connectivity index (χ1v) is 5.82. The third-order valence-electron chi connectivity index (χ3n) is 2.23. The molecule has 2 rings (SSSR count). The van der Waals surface area contributed by atoms with Crippen molar-refractivity contribution in [2.24, 2.45) is 0 Å². The molecule has 70 valence electrons. The van der Waals surface area contributed by atoms with Gasteiger partial charge in [0.25, 0.3) is 0 Å². The summed E-state index contributed by atoms with van der Waals surface area (Å²) in [6, 6.07) is 6.44. The van der Waals surface area contributed by atoms with Crippen molar-refractivity contribution in [3.05, 3.63) is 27.3 Å². The van der Waals surface area contributed by atoms with Gasteiger partial charge in [0.15, 0.2) is 0 Å². The lowest BCUT2D eigenvalue weighted by molar-refractivity contribution is 0.300. The zero-order chi connectivity index (χ0) is 9.26. The van der Waals surface area contributed by atoms with E-state index in [4.69, 9.17) is 4.74 Å². The highest BCUT2D eigenvalue weighted by Gasteiger charge is 2.24. The van der Waals surface area contributed by atoms with Gasteiger partial charge in [-0.15, -0.1) is 0 Å². The van der Waals surface area contributed by atoms with Gasteiger partial charge in [-0.25, -0.2) is 0 Å². The fraction of sp³-hybridized carbons (Fsp3) is 0.455. The van der Waals surface area contributed by atoms with Crippen LogP contribution in [0.15, 0.2) is 18.2 Å². The van der Waals surface area contributed by atoms with Gasteiger partial charge < -0.3 is 4.74 Å². The molecule has 0 aromatic heterocycles. The molecule has 1 aromatic carbocycles. The molecule has 1 aromatic rings. The Bertz CT molecular complexity index is 305. The van der Waals surface area contributed by atoms with Crippen molar-refractivity contribution in [2.75, 3.05) is 0 Å². The van der Waals surface area contributed by atoms with Crippen molar-refractivity contribution >= 4 is 22.6 Å². The molecule has 13 heavy (non-hydrogen) atoms. The van der Waals surface area contributed by atoms with Gasteiger partial charge in [0.05, 0.1) is 6.10 Å². The highest BCUT2D eigenvalue weighted by molar-refractivity contribution is 14.1. The second-order valence-electron chi connectivity index (χ2n) is 3.42. The summed E-state index contributed by atoms with van der Waals surface area (Å²) in [4.78, 5) is 0. The van der Waals surface area contributed by atoms with Gasteiger partial charge >= 0.3 is 0 Å². The van der Waals surface area contributed by atoms with E-state index >= 15 is 0 Å². The third kappa shape index (κ3) is 2.36. The predicted octanol–water partition coefficient (Wildman–Crippen LogP) is 3.39. The van der Waals surface area contributed by atoms with Crippen LogP contribution in [0, 0.1) is 3.57 Å². The number of rotatable bonds is 3. The topological polar surface area (TPSA) is 9.23 Å². The van der Waals surface area contributed by atoms with Crippen molar-refractivity contribution in [3.63, 3.8) is 0 Å². The van der Waals surface area contributed by atoms with Crippen LogP contribution in [0.4, 0.5) is 0 Å². The molecule has 0 heterocycles. The molecule has 0 saturated heterocycles. The van der Waals surface area contributed by atoms with Crippen molar-refractivity contribution in [1.29, 1.82) is 0 Å². The van der Waals surface area contributed by atoms with Gasteiger partial charge in [0, 0.05) is 3.57 Å². The average molecular weight is 288 g/mol. The van der Waals surface area contributed by atoms with Crippen molar-refractivity contribution < 1.29 is 4.74 Å². The van der Waals surface area contributed by atoms with Crippen molar-refractivity contribution in [1.82, 2.24) is 0 Å². The fourth-order valence-electron chi connectivity index (χ4n) is 1.30. The van der Waals surface area contributed by atoms with E-state index in [2.05, 4.69) is 47.7 Å². The second-order valence-corrected chi connectivity index (χ2v) is 4.67. The molecule has 0 radical (unpaired) electrons. The Kier molecular flexibility index (Phi) is 2.77. The van der Waals surface area contributed by atoms with Crippen LogP contribution in [0.1, 0.15) is 25.3 Å². The van der Waals surface area contributed by atoms with Gasteiger partial charge in [-0.1, -0.05) is 13.0 Å². The molecule has 1 saturated carbocycles. The lowest BCUT2D eigenvalue weighted by atomic mass is 10.1. The minimum Gasteiger partial charge on any atom is -0.490 e. The van der Waals surface area contributed by atoms with E-state index in [1.54, 1.807) is 0 Å². The number of aryl methyl sites for hydroxylation is 1. The molecule has 1 aliphatic carbocycles. The van der Waals surface area contributed by atoms with E-state index in [0.717, 1.165) is 12.2 Å². The van der Waals surface area contributed by atoms with Gasteiger partial charge in [0.1, 0.15) is 5.75 Å². The first-order valence-electron chi connectivity index (χ1n) is 4.74. The first kappa shape index (κ1) is 9.31. The smallest absolute Gasteiger partial charge is 0.123 e. The number of benzene rings is 1. The molecule has 0 amide bonds. The predicted molar refractivity (Wildman–Crippen MR) is 62.2 cm³/mol. The van der Waals surface area contributed by atoms with Crippen LogP contribution in [0.2, 0.25) is 0 Å². The standard InChI is InChI=1S/C11H13IO/c1-2-8-3-4-9(12)7-11(8)13-10-5-6-10/h3-4,7,10H,2,5-6H2,1H3. The molecular weight excluding hydrogens is 275 g/mol. The van der Waals surface area contributed by atoms with E-state index in [1.165, 1.54) is 22.0 Å². The lowest BCUT2D eigenvalue weighted by Crippen LogP contribution is -1.99. The van der Waals surface area contributed by atoms with Crippen LogP contribution in [-0.2, 0) is 6.42 Å². The van der Waals surface area contributed by atoms with Gasteiger partial charge in [-0.05, 0) is 59.5 Å². The SMILES string of the molecule is CCc1ccc(I)cc1OC1CC1. The summed E-state index contributed by atoms with van der Waals surface area (Å²) in [5.74, 6) is 1.09. The molecule has 0 bridgehead atoms. The van der Waals surface area contributed by atoms with Gasteiger partial charge in [-0.2, -0.15) is 0 Å². The Hall–Kier alpha value is -0.250. The van der Waals surface area contributed by atoms with Crippen LogP contribution in [-0.4, -0.2) is 6.10 Å². The summed E-state index contributed by atoms with van der Waals surface area (Å²) in [6.07, 6.45) is 4.02. The molecule has 0 spiro atoms. The molecule has 0 unspecified atom stereocenters. The van der Waals surface area contributed by atoms with E-state index in [1.807, 2.05) is 0 Å². The lowest BCUT2D eigenvalue weighted by Gasteiger charge is -2.09. The highest BCUT2D eigenvalue weighted by atomic mass is 127. The number of ether oxygens (including phenoxy) is 1. The van der Waals surface area contributed by atoms with E-state index in [9.17, 15) is 0 Å². The maximum absolute atomic E-state index is 5.82. The van der Waals surface area contributed by atoms with E-state index in [-0.39, 0.29) is 0 Å². The van der Waals surface area contributed by atoms with E-state index < -0.39 is 0 Å². The van der Waals surface area contributed by atoms with Gasteiger partial charge in [-0.3, -0.25) is 0 Å². The second kappa shape index (κ2) is 3.86. The molecule has 1 aliphatic rings. The third-order valence-corrected chi connectivity index (χ3v) is 2.90. The quantitative estimate of drug-likeness (QED) is 0.775. The molecule has 0 atom stereocenters. The molecule has 2 heteroatoms. The summed E-state index contributed by atoms with van der Waals surface area (Å²) < 4.78 is 7.08. The van der Waals surface area contributed by atoms with Crippen LogP contribution in [0.5, 0.6) is 5.75 Å². The van der Waals surface area contributed by atoms with Crippen LogP contribution < -0.4 is 4.74 Å². The summed E-state index contributed by atoms with van der Waals surface area (Å²) in [7, 11) is 0. The molecule has 0 aliphatic heterocycles. The Morgan fingerprint density at radius 3 is 2.85 bits per heavy atom. The summed E-state index contributed by atoms with van der Waals surface area (Å²) in [5.41, 5.74) is 1.33. The normalized spacial score (nSPS) is 15.8. The summed E-state index contributed by atoms with van der Waals surface area (Å²) >= 11 is 2.33. The summed E-state index contributed by atoms with van der Waals surface area (Å²) in [6.45, 7) is 2.17. The van der Waals surface area contributed by atoms with Crippen LogP contribution >= 0.6 is 22.6 Å². The van der Waals surface area contributed by atoms with Crippen molar-refractivity contribution in [3.8, 4) is 5.75 Å². The first-order chi connectivity index (χ1) is 6.29. The van der Waals surface area contributed by atoms with Crippen molar-refractivity contribution in [2.45, 2.75) is 32.3 Å². The molecule has 1 nitrogen and oxygen atoms in total. The Morgan fingerprint density at radius 2 is 2.23 bits per heavy atom. The largest absolute Gasteiger partial charge is 0.490 e. The molecule has 0 N–H and O–H groups in total. The monoisotopic (exact) mass is 288 g/mol. The summed E-state index contributed by atoms with van der Waals surface area (Å²) in [5, 5.41) is 0. The number of hydrogen-bond donors (Lipinski definition) is 0. The van der Waals surface area contributed by atoms with Crippen LogP contribution in [0.3, 0.4) is 0 Å². The number of hydrogen-bond acceptors (Lipinski definition) is 1. The zero-order valence-corrected chi connectivity index (χ0v) is 9.87. The Morgan fingerprint density at radius 1 is 1.46 bits per heavy atom. The fourth-order valence-corrected chi connectivity index (χ4v) is 1.76. The molecule has 1 fully saturated rings.